The maximum Gasteiger partial charge on any atom is 0.223 e. The first kappa shape index (κ1) is 14.1. The van der Waals surface area contributed by atoms with Crippen LogP contribution in [0.15, 0.2) is 24.3 Å². The highest BCUT2D eigenvalue weighted by Crippen LogP contribution is 2.09. The summed E-state index contributed by atoms with van der Waals surface area (Å²) in [5, 5.41) is 0. The van der Waals surface area contributed by atoms with E-state index in [0.717, 1.165) is 6.42 Å². The number of nitrogens with zero attached hydrogens (tertiary/aromatic N) is 1. The van der Waals surface area contributed by atoms with Crippen molar-refractivity contribution in [1.82, 2.24) is 4.90 Å². The van der Waals surface area contributed by atoms with E-state index in [-0.39, 0.29) is 5.91 Å². The van der Waals surface area contributed by atoms with E-state index in [1.54, 1.807) is 4.90 Å². The third kappa shape index (κ3) is 4.82. The molecule has 0 aliphatic carbocycles. The molecule has 1 aromatic rings. The molecule has 1 aromatic carbocycles. The van der Waals surface area contributed by atoms with Gasteiger partial charge in [0.25, 0.3) is 0 Å². The Morgan fingerprint density at radius 2 is 1.82 bits per heavy atom. The Bertz CT molecular complexity index is 348. The lowest BCUT2D eigenvalue weighted by Gasteiger charge is -2.17. The molecule has 1 rings (SSSR count). The molecule has 1 amide bonds. The second-order valence-corrected chi connectivity index (χ2v) is 4.74. The van der Waals surface area contributed by atoms with Gasteiger partial charge in [0.1, 0.15) is 0 Å². The van der Waals surface area contributed by atoms with Crippen LogP contribution in [0.3, 0.4) is 0 Å². The summed E-state index contributed by atoms with van der Waals surface area (Å²) in [5.74, 6) is 0.760. The number of rotatable bonds is 6. The number of hydrogen-bond acceptors (Lipinski definition) is 2. The lowest BCUT2D eigenvalue weighted by Crippen LogP contribution is -2.26. The van der Waals surface area contributed by atoms with Crippen molar-refractivity contribution in [3.05, 3.63) is 35.4 Å². The maximum atomic E-state index is 11.6. The van der Waals surface area contributed by atoms with Crippen LogP contribution in [0.5, 0.6) is 0 Å². The van der Waals surface area contributed by atoms with Crippen LogP contribution in [0, 0.1) is 0 Å². The Morgan fingerprint density at radius 1 is 1.24 bits per heavy atom. The molecule has 0 radical (unpaired) electrons. The van der Waals surface area contributed by atoms with Gasteiger partial charge in [0, 0.05) is 20.0 Å². The number of hydrogen-bond donors (Lipinski definition) is 1. The molecule has 0 saturated carbocycles. The van der Waals surface area contributed by atoms with Gasteiger partial charge in [0.2, 0.25) is 5.91 Å². The third-order valence-electron chi connectivity index (χ3n) is 2.73. The van der Waals surface area contributed by atoms with Crippen molar-refractivity contribution in [2.75, 3.05) is 12.8 Å². The molecular weight excluding hydrogens is 230 g/mol. The van der Waals surface area contributed by atoms with Crippen molar-refractivity contribution < 1.29 is 4.79 Å². The molecule has 0 fully saturated rings. The normalized spacial score (nSPS) is 10.3. The van der Waals surface area contributed by atoms with E-state index >= 15 is 0 Å². The topological polar surface area (TPSA) is 20.3 Å². The Labute approximate surface area is 109 Å². The summed E-state index contributed by atoms with van der Waals surface area (Å²) >= 11 is 4.07. The van der Waals surface area contributed by atoms with Crippen LogP contribution in [0.25, 0.3) is 0 Å². The predicted octanol–water partition coefficient (Wildman–Crippen LogP) is 2.92. The zero-order chi connectivity index (χ0) is 12.7. The van der Waals surface area contributed by atoms with E-state index in [1.165, 1.54) is 17.5 Å². The largest absolute Gasteiger partial charge is 0.341 e. The minimum Gasteiger partial charge on any atom is -0.341 e. The molecule has 0 N–H and O–H groups in total. The highest BCUT2D eigenvalue weighted by atomic mass is 32.1. The van der Waals surface area contributed by atoms with E-state index in [1.807, 2.05) is 7.05 Å². The minimum absolute atomic E-state index is 0.151. The fraction of sp³-hybridized carbons (Fsp3) is 0.500. The fourth-order valence-corrected chi connectivity index (χ4v) is 1.94. The summed E-state index contributed by atoms with van der Waals surface area (Å²) in [4.78, 5) is 13.3. The van der Waals surface area contributed by atoms with Crippen molar-refractivity contribution in [3.8, 4) is 0 Å². The van der Waals surface area contributed by atoms with Gasteiger partial charge in [0.05, 0.1) is 0 Å². The summed E-state index contributed by atoms with van der Waals surface area (Å²) in [6.45, 7) is 2.86. The highest BCUT2D eigenvalue weighted by molar-refractivity contribution is 7.80. The molecule has 0 aliphatic heterocycles. The molecule has 0 saturated heterocycles. The second kappa shape index (κ2) is 7.38. The number of carbonyl (C=O) groups excluding carboxylic acids is 1. The standard InChI is InChI=1S/C14H21NOS/c1-3-4-12-5-7-13(8-6-12)11-15(2)14(16)9-10-17/h5-8,17H,3-4,9-11H2,1-2H3. The fourth-order valence-electron chi connectivity index (χ4n) is 1.75. The van der Waals surface area contributed by atoms with Gasteiger partial charge in [0.15, 0.2) is 0 Å². The summed E-state index contributed by atoms with van der Waals surface area (Å²) in [6.07, 6.45) is 2.79. The minimum atomic E-state index is 0.151. The van der Waals surface area contributed by atoms with Crippen LogP contribution in [0.1, 0.15) is 30.9 Å². The van der Waals surface area contributed by atoms with Gasteiger partial charge in [-0.3, -0.25) is 4.79 Å². The summed E-state index contributed by atoms with van der Waals surface area (Å²) in [6, 6.07) is 8.51. The maximum absolute atomic E-state index is 11.6. The van der Waals surface area contributed by atoms with Gasteiger partial charge in [-0.05, 0) is 23.3 Å². The molecule has 0 unspecified atom stereocenters. The van der Waals surface area contributed by atoms with Gasteiger partial charge in [-0.1, -0.05) is 37.6 Å². The number of carbonyl (C=O) groups is 1. The number of benzene rings is 1. The van der Waals surface area contributed by atoms with Crippen molar-refractivity contribution >= 4 is 18.5 Å². The average molecular weight is 251 g/mol. The second-order valence-electron chi connectivity index (χ2n) is 4.29. The zero-order valence-electron chi connectivity index (χ0n) is 10.6. The zero-order valence-corrected chi connectivity index (χ0v) is 11.5. The SMILES string of the molecule is CCCc1ccc(CN(C)C(=O)CCS)cc1. The average Bonchev–Trinajstić information content (AvgIpc) is 2.32. The Kier molecular flexibility index (Phi) is 6.12. The summed E-state index contributed by atoms with van der Waals surface area (Å²) in [5.41, 5.74) is 2.54. The van der Waals surface area contributed by atoms with Crippen molar-refractivity contribution in [1.29, 1.82) is 0 Å². The van der Waals surface area contributed by atoms with Gasteiger partial charge in [-0.2, -0.15) is 12.6 Å². The highest BCUT2D eigenvalue weighted by Gasteiger charge is 2.07. The smallest absolute Gasteiger partial charge is 0.223 e. The van der Waals surface area contributed by atoms with E-state index in [2.05, 4.69) is 43.8 Å². The summed E-state index contributed by atoms with van der Waals surface area (Å²) in [7, 11) is 1.84. The Morgan fingerprint density at radius 3 is 2.35 bits per heavy atom. The first-order valence-corrected chi connectivity index (χ1v) is 6.73. The molecular formula is C14H21NOS. The summed E-state index contributed by atoms with van der Waals surface area (Å²) < 4.78 is 0. The molecule has 2 nitrogen and oxygen atoms in total. The van der Waals surface area contributed by atoms with Crippen molar-refractivity contribution in [3.63, 3.8) is 0 Å². The monoisotopic (exact) mass is 251 g/mol. The van der Waals surface area contributed by atoms with E-state index in [4.69, 9.17) is 0 Å². The third-order valence-corrected chi connectivity index (χ3v) is 2.96. The van der Waals surface area contributed by atoms with Crippen LogP contribution < -0.4 is 0 Å². The van der Waals surface area contributed by atoms with E-state index < -0.39 is 0 Å². The first-order chi connectivity index (χ1) is 8.17. The van der Waals surface area contributed by atoms with Crippen LogP contribution >= 0.6 is 12.6 Å². The van der Waals surface area contributed by atoms with Gasteiger partial charge >= 0.3 is 0 Å². The van der Waals surface area contributed by atoms with Crippen LogP contribution in [-0.2, 0) is 17.8 Å². The number of amides is 1. The predicted molar refractivity (Wildman–Crippen MR) is 75.4 cm³/mol. The molecule has 0 aliphatic rings. The molecule has 17 heavy (non-hydrogen) atoms. The molecule has 0 aromatic heterocycles. The van der Waals surface area contributed by atoms with Gasteiger partial charge < -0.3 is 4.90 Å². The molecule has 94 valence electrons. The number of thiol groups is 1. The Hall–Kier alpha value is -0.960. The molecule has 0 bridgehead atoms. The van der Waals surface area contributed by atoms with Gasteiger partial charge in [-0.15, -0.1) is 0 Å². The van der Waals surface area contributed by atoms with Crippen LogP contribution in [-0.4, -0.2) is 23.6 Å². The van der Waals surface area contributed by atoms with Crippen molar-refractivity contribution in [2.45, 2.75) is 32.7 Å². The van der Waals surface area contributed by atoms with E-state index in [0.29, 0.717) is 18.7 Å². The van der Waals surface area contributed by atoms with Crippen LogP contribution in [0.4, 0.5) is 0 Å². The molecule has 0 heterocycles. The van der Waals surface area contributed by atoms with Crippen molar-refractivity contribution in [2.24, 2.45) is 0 Å². The number of aryl methyl sites for hydroxylation is 1. The molecule has 3 heteroatoms. The van der Waals surface area contributed by atoms with Gasteiger partial charge in [-0.25, -0.2) is 0 Å². The lowest BCUT2D eigenvalue weighted by atomic mass is 10.1. The van der Waals surface area contributed by atoms with E-state index in [9.17, 15) is 4.79 Å². The van der Waals surface area contributed by atoms with Crippen LogP contribution in [0.2, 0.25) is 0 Å². The lowest BCUT2D eigenvalue weighted by molar-refractivity contribution is -0.129. The Balaban J connectivity index is 2.53. The molecule has 0 spiro atoms. The quantitative estimate of drug-likeness (QED) is 0.771. The molecule has 0 atom stereocenters. The first-order valence-electron chi connectivity index (χ1n) is 6.10.